The molecule has 1 aromatic heterocycles. The molecule has 1 rings (SSSR count). The minimum atomic E-state index is -0.544. The van der Waals surface area contributed by atoms with E-state index < -0.39 is 11.0 Å². The highest BCUT2D eigenvalue weighted by Gasteiger charge is 2.15. The second-order valence-electron chi connectivity index (χ2n) is 3.56. The van der Waals surface area contributed by atoms with Gasteiger partial charge in [-0.15, -0.1) is 0 Å². The Bertz CT molecular complexity index is 400. The van der Waals surface area contributed by atoms with Crippen molar-refractivity contribution in [2.24, 2.45) is 0 Å². The van der Waals surface area contributed by atoms with E-state index in [1.165, 1.54) is 12.3 Å². The average Bonchev–Trinajstić information content (AvgIpc) is 2.30. The number of hydrogen-bond donors (Lipinski definition) is 2. The summed E-state index contributed by atoms with van der Waals surface area (Å²) in [5.74, 6) is 0.169. The summed E-state index contributed by atoms with van der Waals surface area (Å²) in [6.07, 6.45) is 2.09. The minimum Gasteiger partial charge on any atom is -0.393 e. The van der Waals surface area contributed by atoms with Crippen molar-refractivity contribution in [2.45, 2.75) is 25.9 Å². The predicted molar refractivity (Wildman–Crippen MR) is 65.3 cm³/mol. The Morgan fingerprint density at radius 2 is 2.41 bits per heavy atom. The number of aliphatic hydroxyl groups is 1. The lowest BCUT2D eigenvalue weighted by molar-refractivity contribution is -0.384. The molecule has 0 aliphatic heterocycles. The van der Waals surface area contributed by atoms with E-state index in [1.807, 2.05) is 6.92 Å². The zero-order valence-corrected chi connectivity index (χ0v) is 10.1. The molecule has 0 aliphatic rings. The van der Waals surface area contributed by atoms with Gasteiger partial charge in [0, 0.05) is 18.8 Å². The van der Waals surface area contributed by atoms with E-state index >= 15 is 0 Å². The van der Waals surface area contributed by atoms with E-state index in [4.69, 9.17) is 11.6 Å². The van der Waals surface area contributed by atoms with E-state index in [1.54, 1.807) is 0 Å². The molecule has 17 heavy (non-hydrogen) atoms. The van der Waals surface area contributed by atoms with Gasteiger partial charge < -0.3 is 10.4 Å². The molecule has 0 saturated carbocycles. The molecule has 0 amide bonds. The van der Waals surface area contributed by atoms with Crippen LogP contribution in [0.4, 0.5) is 11.5 Å². The summed E-state index contributed by atoms with van der Waals surface area (Å²) < 4.78 is 0. The molecule has 1 unspecified atom stereocenters. The molecule has 0 bridgehead atoms. The van der Waals surface area contributed by atoms with E-state index in [-0.39, 0.29) is 16.5 Å². The SMILES string of the molecule is CCC(O)CCNc1ncc(Cl)cc1[N+](=O)[O-]. The Morgan fingerprint density at radius 1 is 1.71 bits per heavy atom. The molecule has 1 heterocycles. The Hall–Kier alpha value is -1.40. The fourth-order valence-electron chi connectivity index (χ4n) is 1.27. The maximum atomic E-state index is 10.7. The van der Waals surface area contributed by atoms with Gasteiger partial charge in [-0.05, 0) is 12.8 Å². The largest absolute Gasteiger partial charge is 0.393 e. The molecule has 0 radical (unpaired) electrons. The minimum absolute atomic E-state index is 0.163. The van der Waals surface area contributed by atoms with E-state index in [0.29, 0.717) is 19.4 Å². The van der Waals surface area contributed by atoms with Crippen molar-refractivity contribution in [2.75, 3.05) is 11.9 Å². The Labute approximate surface area is 104 Å². The van der Waals surface area contributed by atoms with E-state index in [9.17, 15) is 15.2 Å². The van der Waals surface area contributed by atoms with Gasteiger partial charge in [0.1, 0.15) is 0 Å². The van der Waals surface area contributed by atoms with Crippen LogP contribution >= 0.6 is 11.6 Å². The smallest absolute Gasteiger partial charge is 0.312 e. The maximum Gasteiger partial charge on any atom is 0.312 e. The van der Waals surface area contributed by atoms with Crippen molar-refractivity contribution in [3.05, 3.63) is 27.4 Å². The number of hydrogen-bond acceptors (Lipinski definition) is 5. The molecule has 0 fully saturated rings. The van der Waals surface area contributed by atoms with E-state index in [0.717, 1.165) is 0 Å². The van der Waals surface area contributed by atoms with Gasteiger partial charge in [-0.3, -0.25) is 10.1 Å². The molecule has 2 N–H and O–H groups in total. The second kappa shape index (κ2) is 6.36. The number of rotatable bonds is 6. The summed E-state index contributed by atoms with van der Waals surface area (Å²) in [5.41, 5.74) is -0.163. The number of nitrogens with one attached hydrogen (secondary N) is 1. The van der Waals surface area contributed by atoms with Crippen LogP contribution in [0.3, 0.4) is 0 Å². The fourth-order valence-corrected chi connectivity index (χ4v) is 1.42. The molecule has 6 nitrogen and oxygen atoms in total. The van der Waals surface area contributed by atoms with Crippen molar-refractivity contribution < 1.29 is 10.0 Å². The molecule has 0 saturated heterocycles. The summed E-state index contributed by atoms with van der Waals surface area (Å²) in [5, 5.41) is 23.1. The Kier molecular flexibility index (Phi) is 5.11. The van der Waals surface area contributed by atoms with Crippen LogP contribution in [-0.4, -0.2) is 27.7 Å². The van der Waals surface area contributed by atoms with Crippen molar-refractivity contribution in [1.29, 1.82) is 0 Å². The zero-order valence-electron chi connectivity index (χ0n) is 9.39. The van der Waals surface area contributed by atoms with Crippen LogP contribution in [0.2, 0.25) is 5.02 Å². The van der Waals surface area contributed by atoms with Crippen molar-refractivity contribution in [3.8, 4) is 0 Å². The van der Waals surface area contributed by atoms with Crippen LogP contribution in [0.15, 0.2) is 12.3 Å². The Morgan fingerprint density at radius 3 is 3.00 bits per heavy atom. The van der Waals surface area contributed by atoms with Gasteiger partial charge in [-0.2, -0.15) is 0 Å². The molecule has 1 aromatic rings. The van der Waals surface area contributed by atoms with Gasteiger partial charge in [0.25, 0.3) is 0 Å². The van der Waals surface area contributed by atoms with Gasteiger partial charge in [0.2, 0.25) is 5.82 Å². The van der Waals surface area contributed by atoms with Gasteiger partial charge >= 0.3 is 5.69 Å². The third-order valence-corrected chi connectivity index (χ3v) is 2.48. The lowest BCUT2D eigenvalue weighted by Gasteiger charge is -2.09. The van der Waals surface area contributed by atoms with Crippen LogP contribution in [0, 0.1) is 10.1 Å². The quantitative estimate of drug-likeness (QED) is 0.604. The first-order valence-corrected chi connectivity index (χ1v) is 5.64. The predicted octanol–water partition coefficient (Wildman–Crippen LogP) is 2.22. The zero-order chi connectivity index (χ0) is 12.8. The van der Waals surface area contributed by atoms with Gasteiger partial charge in [0.15, 0.2) is 0 Å². The first-order chi connectivity index (χ1) is 8.04. The van der Waals surface area contributed by atoms with Gasteiger partial charge in [-0.1, -0.05) is 18.5 Å². The Balaban J connectivity index is 2.67. The van der Waals surface area contributed by atoms with Crippen molar-refractivity contribution in [1.82, 2.24) is 4.98 Å². The normalized spacial score (nSPS) is 12.2. The first-order valence-electron chi connectivity index (χ1n) is 5.26. The molecule has 1 atom stereocenters. The summed E-state index contributed by atoms with van der Waals surface area (Å²) >= 11 is 5.63. The van der Waals surface area contributed by atoms with Crippen LogP contribution in [0.5, 0.6) is 0 Å². The highest BCUT2D eigenvalue weighted by Crippen LogP contribution is 2.24. The number of halogens is 1. The number of aliphatic hydroxyl groups excluding tert-OH is 1. The fraction of sp³-hybridized carbons (Fsp3) is 0.500. The van der Waals surface area contributed by atoms with Crippen LogP contribution in [0.1, 0.15) is 19.8 Å². The summed E-state index contributed by atoms with van der Waals surface area (Å²) in [6.45, 7) is 2.29. The third kappa shape index (κ3) is 4.16. The lowest BCUT2D eigenvalue weighted by Crippen LogP contribution is -2.13. The van der Waals surface area contributed by atoms with Gasteiger partial charge in [0.05, 0.1) is 16.0 Å². The number of anilines is 1. The van der Waals surface area contributed by atoms with Crippen LogP contribution in [0.25, 0.3) is 0 Å². The monoisotopic (exact) mass is 259 g/mol. The molecule has 7 heteroatoms. The number of nitrogens with zero attached hydrogens (tertiary/aromatic N) is 2. The molecular weight excluding hydrogens is 246 g/mol. The van der Waals surface area contributed by atoms with Crippen molar-refractivity contribution in [3.63, 3.8) is 0 Å². The van der Waals surface area contributed by atoms with Crippen LogP contribution < -0.4 is 5.32 Å². The standard InChI is InChI=1S/C10H14ClN3O3/c1-2-8(15)3-4-12-10-9(14(16)17)5-7(11)6-13-10/h5-6,8,15H,2-4H2,1H3,(H,12,13). The number of pyridine rings is 1. The summed E-state index contributed by atoms with van der Waals surface area (Å²) in [4.78, 5) is 14.1. The second-order valence-corrected chi connectivity index (χ2v) is 3.99. The molecule has 94 valence electrons. The number of nitro groups is 1. The summed E-state index contributed by atoms with van der Waals surface area (Å²) in [6, 6.07) is 1.24. The summed E-state index contributed by atoms with van der Waals surface area (Å²) in [7, 11) is 0. The molecule has 0 aliphatic carbocycles. The third-order valence-electron chi connectivity index (χ3n) is 2.27. The average molecular weight is 260 g/mol. The van der Waals surface area contributed by atoms with Crippen LogP contribution in [-0.2, 0) is 0 Å². The van der Waals surface area contributed by atoms with E-state index in [2.05, 4.69) is 10.3 Å². The molecule has 0 aromatic carbocycles. The molecular formula is C10H14ClN3O3. The topological polar surface area (TPSA) is 88.3 Å². The lowest BCUT2D eigenvalue weighted by atomic mass is 10.2. The maximum absolute atomic E-state index is 10.7. The number of aromatic nitrogens is 1. The highest BCUT2D eigenvalue weighted by molar-refractivity contribution is 6.30. The molecule has 0 spiro atoms. The van der Waals surface area contributed by atoms with Crippen molar-refractivity contribution >= 4 is 23.1 Å². The highest BCUT2D eigenvalue weighted by atomic mass is 35.5. The van der Waals surface area contributed by atoms with Gasteiger partial charge in [-0.25, -0.2) is 4.98 Å². The first kappa shape index (κ1) is 13.7.